The lowest BCUT2D eigenvalue weighted by Crippen LogP contribution is -2.37. The van der Waals surface area contributed by atoms with Gasteiger partial charge < -0.3 is 5.32 Å². The van der Waals surface area contributed by atoms with Crippen molar-refractivity contribution < 1.29 is 14.0 Å². The number of hydrogen-bond acceptors (Lipinski definition) is 5. The average Bonchev–Trinajstić information content (AvgIpc) is 3.11. The van der Waals surface area contributed by atoms with Gasteiger partial charge in [0.2, 0.25) is 5.82 Å². The summed E-state index contributed by atoms with van der Waals surface area (Å²) in [5.74, 6) is -0.428. The molecule has 2 heterocycles. The van der Waals surface area contributed by atoms with E-state index in [1.54, 1.807) is 19.1 Å². The number of nitrogens with one attached hydrogen (secondary N) is 1. The van der Waals surface area contributed by atoms with Crippen LogP contribution in [0.5, 0.6) is 0 Å². The largest absolute Gasteiger partial charge is 0.336 e. The highest BCUT2D eigenvalue weighted by Gasteiger charge is 2.26. The number of rotatable bonds is 3. The third-order valence-corrected chi connectivity index (χ3v) is 3.30. The lowest BCUT2D eigenvalue weighted by atomic mass is 10.1. The van der Waals surface area contributed by atoms with Crippen LogP contribution >= 0.6 is 0 Å². The van der Waals surface area contributed by atoms with Crippen molar-refractivity contribution in [3.63, 3.8) is 0 Å². The van der Waals surface area contributed by atoms with Crippen molar-refractivity contribution in [2.75, 3.05) is 13.1 Å². The van der Waals surface area contributed by atoms with Crippen molar-refractivity contribution in [2.45, 2.75) is 13.5 Å². The maximum absolute atomic E-state index is 13.3. The molecule has 1 saturated heterocycles. The van der Waals surface area contributed by atoms with Crippen LogP contribution in [0.15, 0.2) is 18.2 Å². The van der Waals surface area contributed by atoms with Gasteiger partial charge in [-0.15, -0.1) is 10.2 Å². The predicted octanol–water partition coefficient (Wildman–Crippen LogP) is 0.339. The first-order valence-corrected chi connectivity index (χ1v) is 6.67. The summed E-state index contributed by atoms with van der Waals surface area (Å²) in [5, 5.41) is 14.3. The number of hydrogen-bond donors (Lipinski definition) is 1. The Bertz CT molecular complexity index is 744. The molecule has 2 aromatic rings. The van der Waals surface area contributed by atoms with E-state index in [0.29, 0.717) is 30.0 Å². The summed E-state index contributed by atoms with van der Waals surface area (Å²) < 4.78 is 13.3. The number of imide groups is 1. The summed E-state index contributed by atoms with van der Waals surface area (Å²) in [6, 6.07) is 4.05. The highest BCUT2D eigenvalue weighted by molar-refractivity contribution is 5.95. The van der Waals surface area contributed by atoms with Crippen molar-refractivity contribution >= 4 is 11.9 Å². The van der Waals surface area contributed by atoms with E-state index >= 15 is 0 Å². The number of halogens is 1. The van der Waals surface area contributed by atoms with E-state index in [0.717, 1.165) is 9.70 Å². The standard InChI is InChI=1S/C13H13FN6O2/c1-8-6-9(2-3-10(8)14)12-16-18-20(17-12)7-11(21)19-5-4-15-13(19)22/h2-3,6H,4-5,7H2,1H3,(H,15,22). The highest BCUT2D eigenvalue weighted by atomic mass is 19.1. The van der Waals surface area contributed by atoms with Crippen molar-refractivity contribution in [3.05, 3.63) is 29.6 Å². The molecule has 0 spiro atoms. The van der Waals surface area contributed by atoms with Gasteiger partial charge in [-0.05, 0) is 35.9 Å². The second-order valence-corrected chi connectivity index (χ2v) is 4.88. The quantitative estimate of drug-likeness (QED) is 0.882. The van der Waals surface area contributed by atoms with Crippen LogP contribution in [0.4, 0.5) is 9.18 Å². The molecule has 3 rings (SSSR count). The Balaban J connectivity index is 1.74. The van der Waals surface area contributed by atoms with Crippen LogP contribution in [-0.4, -0.2) is 50.1 Å². The molecule has 0 bridgehead atoms. The monoisotopic (exact) mass is 304 g/mol. The second kappa shape index (κ2) is 5.51. The molecule has 8 nitrogen and oxygen atoms in total. The molecular weight excluding hydrogens is 291 g/mol. The summed E-state index contributed by atoms with van der Waals surface area (Å²) in [7, 11) is 0. The number of nitrogens with zero attached hydrogens (tertiary/aromatic N) is 5. The Labute approximate surface area is 124 Å². The third kappa shape index (κ3) is 2.65. The molecule has 0 saturated carbocycles. The maximum atomic E-state index is 13.3. The number of aryl methyl sites for hydroxylation is 1. The molecule has 1 aliphatic rings. The van der Waals surface area contributed by atoms with Gasteiger partial charge in [-0.1, -0.05) is 0 Å². The second-order valence-electron chi connectivity index (χ2n) is 4.88. The fraction of sp³-hybridized carbons (Fsp3) is 0.308. The van der Waals surface area contributed by atoms with Crippen LogP contribution in [0.25, 0.3) is 11.4 Å². The molecule has 1 aliphatic heterocycles. The van der Waals surface area contributed by atoms with Crippen LogP contribution < -0.4 is 5.32 Å². The van der Waals surface area contributed by atoms with Gasteiger partial charge in [0.25, 0.3) is 5.91 Å². The maximum Gasteiger partial charge on any atom is 0.324 e. The van der Waals surface area contributed by atoms with E-state index in [2.05, 4.69) is 20.7 Å². The number of amides is 3. The van der Waals surface area contributed by atoms with E-state index in [1.807, 2.05) is 0 Å². The zero-order chi connectivity index (χ0) is 15.7. The van der Waals surface area contributed by atoms with Gasteiger partial charge in [-0.2, -0.15) is 4.80 Å². The van der Waals surface area contributed by atoms with Crippen LogP contribution in [-0.2, 0) is 11.3 Å². The summed E-state index contributed by atoms with van der Waals surface area (Å²) in [5.41, 5.74) is 1.08. The Morgan fingerprint density at radius 1 is 1.45 bits per heavy atom. The first kappa shape index (κ1) is 14.1. The minimum Gasteiger partial charge on any atom is -0.336 e. The topological polar surface area (TPSA) is 93.0 Å². The van der Waals surface area contributed by atoms with Gasteiger partial charge in [0.1, 0.15) is 12.4 Å². The Kier molecular flexibility index (Phi) is 3.53. The van der Waals surface area contributed by atoms with Crippen LogP contribution in [0, 0.1) is 12.7 Å². The van der Waals surface area contributed by atoms with Gasteiger partial charge in [-0.3, -0.25) is 9.69 Å². The Morgan fingerprint density at radius 3 is 2.95 bits per heavy atom. The normalized spacial score (nSPS) is 14.3. The summed E-state index contributed by atoms with van der Waals surface area (Å²) >= 11 is 0. The average molecular weight is 304 g/mol. The fourth-order valence-electron chi connectivity index (χ4n) is 2.13. The van der Waals surface area contributed by atoms with Gasteiger partial charge in [0, 0.05) is 18.7 Å². The molecule has 22 heavy (non-hydrogen) atoms. The van der Waals surface area contributed by atoms with E-state index in [-0.39, 0.29) is 12.4 Å². The molecule has 0 aliphatic carbocycles. The van der Waals surface area contributed by atoms with Crippen LogP contribution in [0.2, 0.25) is 0 Å². The number of urea groups is 1. The molecular formula is C13H13FN6O2. The number of tetrazole rings is 1. The van der Waals surface area contributed by atoms with Crippen molar-refractivity contribution in [3.8, 4) is 11.4 Å². The van der Waals surface area contributed by atoms with Crippen molar-refractivity contribution in [2.24, 2.45) is 0 Å². The number of carbonyl (C=O) groups is 2. The fourth-order valence-corrected chi connectivity index (χ4v) is 2.13. The summed E-state index contributed by atoms with van der Waals surface area (Å²) in [6.07, 6.45) is 0. The first-order chi connectivity index (χ1) is 10.5. The van der Waals surface area contributed by atoms with Gasteiger partial charge in [-0.25, -0.2) is 9.18 Å². The summed E-state index contributed by atoms with van der Waals surface area (Å²) in [4.78, 5) is 25.6. The SMILES string of the molecule is Cc1cc(-c2nnn(CC(=O)N3CCNC3=O)n2)ccc1F. The van der Waals surface area contributed by atoms with E-state index in [1.165, 1.54) is 6.07 Å². The van der Waals surface area contributed by atoms with Crippen LogP contribution in [0.1, 0.15) is 5.56 Å². The third-order valence-electron chi connectivity index (χ3n) is 3.30. The Hall–Kier alpha value is -2.84. The van der Waals surface area contributed by atoms with Crippen molar-refractivity contribution in [1.82, 2.24) is 30.4 Å². The highest BCUT2D eigenvalue weighted by Crippen LogP contribution is 2.17. The lowest BCUT2D eigenvalue weighted by molar-refractivity contribution is -0.128. The van der Waals surface area contributed by atoms with Crippen LogP contribution in [0.3, 0.4) is 0 Å². The molecule has 0 radical (unpaired) electrons. The zero-order valence-electron chi connectivity index (χ0n) is 11.8. The summed E-state index contributed by atoms with van der Waals surface area (Å²) in [6.45, 7) is 2.23. The van der Waals surface area contributed by atoms with E-state index in [9.17, 15) is 14.0 Å². The first-order valence-electron chi connectivity index (χ1n) is 6.67. The Morgan fingerprint density at radius 2 is 2.27 bits per heavy atom. The molecule has 0 atom stereocenters. The number of benzene rings is 1. The zero-order valence-corrected chi connectivity index (χ0v) is 11.8. The minimum absolute atomic E-state index is 0.180. The molecule has 1 aromatic carbocycles. The molecule has 1 N–H and O–H groups in total. The number of carbonyl (C=O) groups excluding carboxylic acids is 2. The lowest BCUT2D eigenvalue weighted by Gasteiger charge is -2.10. The molecule has 9 heteroatoms. The predicted molar refractivity (Wildman–Crippen MR) is 73.1 cm³/mol. The molecule has 1 aromatic heterocycles. The molecule has 114 valence electrons. The molecule has 0 unspecified atom stereocenters. The minimum atomic E-state index is -0.417. The van der Waals surface area contributed by atoms with Crippen molar-refractivity contribution in [1.29, 1.82) is 0 Å². The molecule has 1 fully saturated rings. The van der Waals surface area contributed by atoms with Gasteiger partial charge >= 0.3 is 6.03 Å². The van der Waals surface area contributed by atoms with Gasteiger partial charge in [0.05, 0.1) is 0 Å². The smallest absolute Gasteiger partial charge is 0.324 e. The van der Waals surface area contributed by atoms with E-state index < -0.39 is 11.9 Å². The van der Waals surface area contributed by atoms with Gasteiger partial charge in [0.15, 0.2) is 0 Å². The number of aromatic nitrogens is 4. The molecule has 3 amide bonds. The van der Waals surface area contributed by atoms with E-state index in [4.69, 9.17) is 0 Å².